The largest absolute Gasteiger partial charge is 0.494 e. The van der Waals surface area contributed by atoms with Crippen molar-refractivity contribution in [2.75, 3.05) is 11.5 Å². The number of carbonyl (C=O) groups is 3. The number of aryl methyl sites for hydroxylation is 1. The minimum Gasteiger partial charge on any atom is -0.494 e. The van der Waals surface area contributed by atoms with E-state index in [2.05, 4.69) is 5.16 Å². The zero-order valence-electron chi connectivity index (χ0n) is 21.4. The molecule has 0 aliphatic carbocycles. The third-order valence-corrected chi connectivity index (χ3v) is 6.77. The second-order valence-corrected chi connectivity index (χ2v) is 9.49. The number of hydrogen-bond donors (Lipinski definition) is 0. The Hall–Kier alpha value is -4.37. The van der Waals surface area contributed by atoms with Crippen LogP contribution in [0.5, 0.6) is 5.75 Å². The first-order valence-electron chi connectivity index (χ1n) is 12.5. The fourth-order valence-electron chi connectivity index (χ4n) is 4.54. The van der Waals surface area contributed by atoms with E-state index in [-0.39, 0.29) is 30.0 Å². The summed E-state index contributed by atoms with van der Waals surface area (Å²) in [6.45, 7) is 4.14. The fourth-order valence-corrected chi connectivity index (χ4v) is 4.77. The van der Waals surface area contributed by atoms with Crippen molar-refractivity contribution in [1.82, 2.24) is 10.1 Å². The summed E-state index contributed by atoms with van der Waals surface area (Å²) < 4.78 is 16.5. The van der Waals surface area contributed by atoms with Crippen LogP contribution in [0.15, 0.2) is 75.9 Å². The van der Waals surface area contributed by atoms with Crippen molar-refractivity contribution in [3.05, 3.63) is 89.0 Å². The van der Waals surface area contributed by atoms with E-state index in [0.29, 0.717) is 34.4 Å². The Balaban J connectivity index is 1.49. The van der Waals surface area contributed by atoms with Crippen molar-refractivity contribution in [3.8, 4) is 17.0 Å². The molecule has 0 radical (unpaired) electrons. The highest BCUT2D eigenvalue weighted by atomic mass is 35.5. The molecule has 4 aromatic rings. The van der Waals surface area contributed by atoms with Crippen LogP contribution >= 0.6 is 11.6 Å². The number of rotatable bonds is 9. The minimum absolute atomic E-state index is 0.0419. The van der Waals surface area contributed by atoms with Crippen molar-refractivity contribution in [2.45, 2.75) is 39.3 Å². The molecular formula is C29H26ClN3O6. The van der Waals surface area contributed by atoms with Crippen LogP contribution < -0.4 is 9.64 Å². The third-order valence-electron chi connectivity index (χ3n) is 6.44. The van der Waals surface area contributed by atoms with Gasteiger partial charge in [0.1, 0.15) is 34.6 Å². The number of halogens is 1. The maximum absolute atomic E-state index is 14.1. The second-order valence-electron chi connectivity index (χ2n) is 9.08. The molecule has 1 aliphatic rings. The van der Waals surface area contributed by atoms with Crippen LogP contribution in [0.2, 0.25) is 5.02 Å². The Morgan fingerprint density at radius 1 is 1.13 bits per heavy atom. The Labute approximate surface area is 229 Å². The van der Waals surface area contributed by atoms with Crippen molar-refractivity contribution < 1.29 is 28.1 Å². The highest BCUT2D eigenvalue weighted by molar-refractivity contribution is 6.33. The quantitative estimate of drug-likeness (QED) is 0.249. The molecule has 1 saturated heterocycles. The maximum atomic E-state index is 14.1. The van der Waals surface area contributed by atoms with E-state index in [9.17, 15) is 14.4 Å². The van der Waals surface area contributed by atoms with Gasteiger partial charge in [-0.25, -0.2) is 4.90 Å². The summed E-state index contributed by atoms with van der Waals surface area (Å²) in [5.41, 5.74) is 1.33. The normalized spacial score (nSPS) is 15.2. The number of amides is 3. The topological polar surface area (TPSA) is 106 Å². The van der Waals surface area contributed by atoms with Crippen LogP contribution in [0.1, 0.15) is 41.6 Å². The van der Waals surface area contributed by atoms with Crippen molar-refractivity contribution in [3.63, 3.8) is 0 Å². The van der Waals surface area contributed by atoms with Gasteiger partial charge in [0, 0.05) is 5.56 Å². The standard InChI is InChI=1S/C29H26ClN3O6/c1-3-14-37-20-12-10-19(11-13-20)33-25(34)16-24(28(33)35)32(17-21-7-6-15-38-21)29(36)26-18(2)39-31-27(26)22-8-4-5-9-23(22)30/h4-13,15,24H,3,14,16-17H2,1-2H3. The number of nitrogens with zero attached hydrogens (tertiary/aromatic N) is 3. The SMILES string of the molecule is CCCOc1ccc(N2C(=O)CC(N(Cc3ccco3)C(=O)c3c(-c4ccccc4Cl)noc3C)C2=O)cc1. The highest BCUT2D eigenvalue weighted by Crippen LogP contribution is 2.34. The molecule has 10 heteroatoms. The number of hydrogen-bond acceptors (Lipinski definition) is 7. The van der Waals surface area contributed by atoms with Gasteiger partial charge < -0.3 is 18.6 Å². The van der Waals surface area contributed by atoms with Gasteiger partial charge in [0.05, 0.1) is 36.5 Å². The molecule has 0 spiro atoms. The zero-order chi connectivity index (χ0) is 27.5. The molecule has 39 heavy (non-hydrogen) atoms. The van der Waals surface area contributed by atoms with Crippen LogP contribution in [0, 0.1) is 6.92 Å². The van der Waals surface area contributed by atoms with Gasteiger partial charge in [0.15, 0.2) is 0 Å². The van der Waals surface area contributed by atoms with Crippen LogP contribution in [0.4, 0.5) is 5.69 Å². The molecule has 2 aromatic heterocycles. The smallest absolute Gasteiger partial charge is 0.260 e. The van der Waals surface area contributed by atoms with Gasteiger partial charge in [0.25, 0.3) is 11.8 Å². The number of ether oxygens (including phenoxy) is 1. The van der Waals surface area contributed by atoms with Crippen molar-refractivity contribution in [2.24, 2.45) is 0 Å². The Morgan fingerprint density at radius 3 is 2.59 bits per heavy atom. The van der Waals surface area contributed by atoms with E-state index in [0.717, 1.165) is 11.3 Å². The third kappa shape index (κ3) is 5.18. The van der Waals surface area contributed by atoms with Gasteiger partial charge in [0.2, 0.25) is 5.91 Å². The lowest BCUT2D eigenvalue weighted by Crippen LogP contribution is -2.45. The summed E-state index contributed by atoms with van der Waals surface area (Å²) >= 11 is 6.40. The van der Waals surface area contributed by atoms with E-state index in [1.807, 2.05) is 6.92 Å². The number of furan rings is 1. The van der Waals surface area contributed by atoms with Crippen LogP contribution in [0.25, 0.3) is 11.3 Å². The molecule has 3 amide bonds. The number of benzene rings is 2. The van der Waals surface area contributed by atoms with E-state index in [4.69, 9.17) is 25.3 Å². The molecule has 9 nitrogen and oxygen atoms in total. The maximum Gasteiger partial charge on any atom is 0.260 e. The molecule has 1 atom stereocenters. The fraction of sp³-hybridized carbons (Fsp3) is 0.241. The Bertz CT molecular complexity index is 1500. The highest BCUT2D eigenvalue weighted by Gasteiger charge is 2.45. The van der Waals surface area contributed by atoms with E-state index in [1.54, 1.807) is 67.6 Å². The van der Waals surface area contributed by atoms with Crippen LogP contribution in [-0.4, -0.2) is 40.4 Å². The van der Waals surface area contributed by atoms with Gasteiger partial charge in [-0.2, -0.15) is 0 Å². The average Bonchev–Trinajstić information content (AvgIpc) is 3.66. The molecule has 200 valence electrons. The Kier molecular flexibility index (Phi) is 7.51. The minimum atomic E-state index is -1.07. The lowest BCUT2D eigenvalue weighted by Gasteiger charge is -2.27. The predicted molar refractivity (Wildman–Crippen MR) is 143 cm³/mol. The molecular weight excluding hydrogens is 522 g/mol. The molecule has 2 aromatic carbocycles. The molecule has 1 unspecified atom stereocenters. The molecule has 3 heterocycles. The van der Waals surface area contributed by atoms with Gasteiger partial charge in [-0.05, 0) is 55.8 Å². The van der Waals surface area contributed by atoms with Gasteiger partial charge in [-0.3, -0.25) is 14.4 Å². The first-order valence-corrected chi connectivity index (χ1v) is 12.9. The van der Waals surface area contributed by atoms with Crippen molar-refractivity contribution >= 4 is 35.0 Å². The second kappa shape index (κ2) is 11.2. The predicted octanol–water partition coefficient (Wildman–Crippen LogP) is 5.66. The van der Waals surface area contributed by atoms with E-state index in [1.165, 1.54) is 11.2 Å². The van der Waals surface area contributed by atoms with Crippen LogP contribution in [0.3, 0.4) is 0 Å². The zero-order valence-corrected chi connectivity index (χ0v) is 22.2. The van der Waals surface area contributed by atoms with E-state index >= 15 is 0 Å². The summed E-state index contributed by atoms with van der Waals surface area (Å²) in [6, 6.07) is 16.0. The molecule has 0 bridgehead atoms. The molecule has 1 aliphatic heterocycles. The van der Waals surface area contributed by atoms with Gasteiger partial charge in [-0.1, -0.05) is 41.9 Å². The molecule has 5 rings (SSSR count). The average molecular weight is 548 g/mol. The molecule has 0 N–H and O–H groups in total. The lowest BCUT2D eigenvalue weighted by molar-refractivity contribution is -0.122. The van der Waals surface area contributed by atoms with Gasteiger partial charge in [-0.15, -0.1) is 0 Å². The summed E-state index contributed by atoms with van der Waals surface area (Å²) in [7, 11) is 0. The molecule has 1 fully saturated rings. The van der Waals surface area contributed by atoms with Crippen molar-refractivity contribution in [1.29, 1.82) is 0 Å². The number of aromatic nitrogens is 1. The van der Waals surface area contributed by atoms with Gasteiger partial charge >= 0.3 is 0 Å². The summed E-state index contributed by atoms with van der Waals surface area (Å²) in [5, 5.41) is 4.49. The Morgan fingerprint density at radius 2 is 1.90 bits per heavy atom. The van der Waals surface area contributed by atoms with E-state index < -0.39 is 23.8 Å². The first-order chi connectivity index (χ1) is 18.9. The first kappa shape index (κ1) is 26.2. The molecule has 0 saturated carbocycles. The van der Waals surface area contributed by atoms with Crippen LogP contribution in [-0.2, 0) is 16.1 Å². The summed E-state index contributed by atoms with van der Waals surface area (Å²) in [5.74, 6) is -0.116. The number of carbonyl (C=O) groups excluding carboxylic acids is 3. The number of anilines is 1. The summed E-state index contributed by atoms with van der Waals surface area (Å²) in [4.78, 5) is 43.4. The number of imide groups is 1. The summed E-state index contributed by atoms with van der Waals surface area (Å²) in [6.07, 6.45) is 2.15. The lowest BCUT2D eigenvalue weighted by atomic mass is 10.0. The monoisotopic (exact) mass is 547 g/mol.